The maximum Gasteiger partial charge on any atom is 0.191 e. The molecule has 6 heteroatoms. The molecular formula is C24H33N3O3. The number of aryl methyl sites for hydroxylation is 1. The maximum absolute atomic E-state index is 9.52. The molecule has 1 aliphatic heterocycles. The van der Waals surface area contributed by atoms with Crippen LogP contribution in [0.1, 0.15) is 42.0 Å². The number of nitrogens with one attached hydrogen (secondary N) is 2. The SMILES string of the molecule is CCNC(=NCc1ccc(C)cc1OCC1CCCO1)NCc1ccccc1CO. The Morgan fingerprint density at radius 2 is 2.00 bits per heavy atom. The Morgan fingerprint density at radius 3 is 2.73 bits per heavy atom. The van der Waals surface area contributed by atoms with E-state index in [0.717, 1.165) is 60.0 Å². The second-order valence-electron chi connectivity index (χ2n) is 7.53. The van der Waals surface area contributed by atoms with E-state index in [9.17, 15) is 5.11 Å². The van der Waals surface area contributed by atoms with Crippen LogP contribution in [0.25, 0.3) is 0 Å². The molecule has 30 heavy (non-hydrogen) atoms. The fourth-order valence-electron chi connectivity index (χ4n) is 3.45. The lowest BCUT2D eigenvalue weighted by atomic mass is 10.1. The van der Waals surface area contributed by atoms with Gasteiger partial charge in [-0.05, 0) is 49.4 Å². The number of aliphatic hydroxyl groups excluding tert-OH is 1. The number of nitrogens with zero attached hydrogens (tertiary/aromatic N) is 1. The van der Waals surface area contributed by atoms with Crippen molar-refractivity contribution in [3.8, 4) is 5.75 Å². The number of rotatable bonds is 9. The van der Waals surface area contributed by atoms with Gasteiger partial charge in [0, 0.05) is 25.3 Å². The Morgan fingerprint density at radius 1 is 1.17 bits per heavy atom. The highest BCUT2D eigenvalue weighted by Gasteiger charge is 2.17. The van der Waals surface area contributed by atoms with Crippen LogP contribution < -0.4 is 15.4 Å². The molecule has 0 amide bonds. The Hall–Kier alpha value is -2.57. The van der Waals surface area contributed by atoms with E-state index in [1.54, 1.807) is 0 Å². The number of benzene rings is 2. The molecule has 0 bridgehead atoms. The highest BCUT2D eigenvalue weighted by atomic mass is 16.5. The number of hydrogen-bond acceptors (Lipinski definition) is 4. The first-order valence-electron chi connectivity index (χ1n) is 10.7. The standard InChI is InChI=1S/C24H33N3O3/c1-3-25-24(26-14-19-7-4-5-8-21(19)16-28)27-15-20-11-10-18(2)13-23(20)30-17-22-9-6-12-29-22/h4-5,7-8,10-11,13,22,28H,3,6,9,12,14-17H2,1-2H3,(H2,25,26,27). The smallest absolute Gasteiger partial charge is 0.191 e. The van der Waals surface area contributed by atoms with Crippen LogP contribution in [0.5, 0.6) is 5.75 Å². The number of guanidine groups is 1. The first-order valence-corrected chi connectivity index (χ1v) is 10.7. The molecule has 6 nitrogen and oxygen atoms in total. The van der Waals surface area contributed by atoms with Crippen molar-refractivity contribution in [2.45, 2.75) is 52.5 Å². The molecule has 3 rings (SSSR count). The summed E-state index contributed by atoms with van der Waals surface area (Å²) >= 11 is 0. The summed E-state index contributed by atoms with van der Waals surface area (Å²) in [5.41, 5.74) is 4.19. The second kappa shape index (κ2) is 11.6. The molecule has 1 heterocycles. The molecule has 0 saturated carbocycles. The van der Waals surface area contributed by atoms with Gasteiger partial charge in [0.25, 0.3) is 0 Å². The molecule has 1 fully saturated rings. The van der Waals surface area contributed by atoms with Crippen LogP contribution in [-0.2, 0) is 24.4 Å². The molecule has 1 atom stereocenters. The minimum absolute atomic E-state index is 0.0281. The van der Waals surface area contributed by atoms with Gasteiger partial charge < -0.3 is 25.2 Å². The summed E-state index contributed by atoms with van der Waals surface area (Å²) in [7, 11) is 0. The molecule has 2 aromatic carbocycles. The predicted octanol–water partition coefficient (Wildman–Crippen LogP) is 3.30. The summed E-state index contributed by atoms with van der Waals surface area (Å²) < 4.78 is 11.8. The molecule has 0 spiro atoms. The molecule has 162 valence electrons. The highest BCUT2D eigenvalue weighted by molar-refractivity contribution is 5.79. The molecule has 2 aromatic rings. The molecule has 1 saturated heterocycles. The van der Waals surface area contributed by atoms with Gasteiger partial charge in [0.05, 0.1) is 19.3 Å². The molecule has 0 radical (unpaired) electrons. The fraction of sp³-hybridized carbons (Fsp3) is 0.458. The summed E-state index contributed by atoms with van der Waals surface area (Å²) in [6.45, 7) is 7.42. The lowest BCUT2D eigenvalue weighted by Crippen LogP contribution is -2.37. The van der Waals surface area contributed by atoms with Crippen LogP contribution in [0.4, 0.5) is 0 Å². The molecular weight excluding hydrogens is 378 g/mol. The Balaban J connectivity index is 1.66. The van der Waals surface area contributed by atoms with Gasteiger partial charge in [-0.1, -0.05) is 36.4 Å². The van der Waals surface area contributed by atoms with E-state index < -0.39 is 0 Å². The molecule has 3 N–H and O–H groups in total. The van der Waals surface area contributed by atoms with Crippen LogP contribution >= 0.6 is 0 Å². The summed E-state index contributed by atoms with van der Waals surface area (Å²) in [6, 6.07) is 14.1. The van der Waals surface area contributed by atoms with Crippen molar-refractivity contribution >= 4 is 5.96 Å². The van der Waals surface area contributed by atoms with Gasteiger partial charge in [-0.15, -0.1) is 0 Å². The van der Waals surface area contributed by atoms with E-state index in [1.807, 2.05) is 31.2 Å². The molecule has 1 unspecified atom stereocenters. The van der Waals surface area contributed by atoms with Crippen LogP contribution in [-0.4, -0.2) is 36.9 Å². The van der Waals surface area contributed by atoms with E-state index in [4.69, 9.17) is 14.5 Å². The predicted molar refractivity (Wildman–Crippen MR) is 120 cm³/mol. The normalized spacial score (nSPS) is 16.5. The summed E-state index contributed by atoms with van der Waals surface area (Å²) in [5.74, 6) is 1.60. The van der Waals surface area contributed by atoms with E-state index in [0.29, 0.717) is 19.7 Å². The van der Waals surface area contributed by atoms with E-state index in [2.05, 4.69) is 35.8 Å². The van der Waals surface area contributed by atoms with E-state index in [1.165, 1.54) is 0 Å². The van der Waals surface area contributed by atoms with Crippen molar-refractivity contribution in [3.63, 3.8) is 0 Å². The lowest BCUT2D eigenvalue weighted by molar-refractivity contribution is 0.0676. The van der Waals surface area contributed by atoms with Crippen molar-refractivity contribution in [1.29, 1.82) is 0 Å². The zero-order valence-corrected chi connectivity index (χ0v) is 18.0. The fourth-order valence-corrected chi connectivity index (χ4v) is 3.45. The second-order valence-corrected chi connectivity index (χ2v) is 7.53. The van der Waals surface area contributed by atoms with E-state index >= 15 is 0 Å². The van der Waals surface area contributed by atoms with Crippen molar-refractivity contribution < 1.29 is 14.6 Å². The number of aliphatic imine (C=N–C) groups is 1. The van der Waals surface area contributed by atoms with Crippen LogP contribution in [0, 0.1) is 6.92 Å². The minimum atomic E-state index is 0.0281. The van der Waals surface area contributed by atoms with Gasteiger partial charge in [-0.2, -0.15) is 0 Å². The first-order chi connectivity index (χ1) is 14.7. The third kappa shape index (κ3) is 6.47. The molecule has 0 aliphatic carbocycles. The van der Waals surface area contributed by atoms with Gasteiger partial charge >= 0.3 is 0 Å². The van der Waals surface area contributed by atoms with Crippen LogP contribution in [0.3, 0.4) is 0 Å². The first kappa shape index (κ1) is 22.1. The number of aliphatic hydroxyl groups is 1. The average molecular weight is 412 g/mol. The zero-order valence-electron chi connectivity index (χ0n) is 18.0. The molecule has 1 aliphatic rings. The van der Waals surface area contributed by atoms with Gasteiger partial charge in [0.2, 0.25) is 0 Å². The van der Waals surface area contributed by atoms with Crippen LogP contribution in [0.15, 0.2) is 47.5 Å². The highest BCUT2D eigenvalue weighted by Crippen LogP contribution is 2.23. The average Bonchev–Trinajstić information content (AvgIpc) is 3.29. The van der Waals surface area contributed by atoms with Crippen molar-refractivity contribution in [2.75, 3.05) is 19.8 Å². The topological polar surface area (TPSA) is 75.1 Å². The maximum atomic E-state index is 9.52. The van der Waals surface area contributed by atoms with Crippen molar-refractivity contribution in [1.82, 2.24) is 10.6 Å². The zero-order chi connectivity index (χ0) is 21.2. The number of hydrogen-bond donors (Lipinski definition) is 3. The third-order valence-corrected chi connectivity index (χ3v) is 5.16. The van der Waals surface area contributed by atoms with Crippen molar-refractivity contribution in [3.05, 3.63) is 64.7 Å². The number of ether oxygens (including phenoxy) is 2. The summed E-state index contributed by atoms with van der Waals surface area (Å²) in [5, 5.41) is 16.2. The molecule has 0 aromatic heterocycles. The lowest BCUT2D eigenvalue weighted by Gasteiger charge is -2.16. The Labute approximate surface area is 179 Å². The van der Waals surface area contributed by atoms with Gasteiger partial charge in [-0.25, -0.2) is 4.99 Å². The van der Waals surface area contributed by atoms with Gasteiger partial charge in [0.15, 0.2) is 5.96 Å². The Bertz CT molecular complexity index is 832. The quantitative estimate of drug-likeness (QED) is 0.436. The summed E-state index contributed by atoms with van der Waals surface area (Å²) in [6.07, 6.45) is 2.35. The van der Waals surface area contributed by atoms with Gasteiger partial charge in [0.1, 0.15) is 12.4 Å². The van der Waals surface area contributed by atoms with Gasteiger partial charge in [-0.3, -0.25) is 0 Å². The van der Waals surface area contributed by atoms with E-state index in [-0.39, 0.29) is 12.7 Å². The monoisotopic (exact) mass is 411 g/mol. The third-order valence-electron chi connectivity index (χ3n) is 5.16. The largest absolute Gasteiger partial charge is 0.491 e. The minimum Gasteiger partial charge on any atom is -0.491 e. The van der Waals surface area contributed by atoms with Crippen molar-refractivity contribution in [2.24, 2.45) is 4.99 Å². The van der Waals surface area contributed by atoms with Crippen LogP contribution in [0.2, 0.25) is 0 Å². The Kier molecular flexibility index (Phi) is 8.53. The summed E-state index contributed by atoms with van der Waals surface area (Å²) in [4.78, 5) is 4.75.